The number of carbonyl (C=O) groups excluding carboxylic acids is 1. The van der Waals surface area contributed by atoms with Crippen LogP contribution in [0.15, 0.2) is 49.3 Å². The molecule has 0 spiro atoms. The van der Waals surface area contributed by atoms with Crippen LogP contribution in [0.25, 0.3) is 5.69 Å². The predicted molar refractivity (Wildman–Crippen MR) is 91.2 cm³/mol. The van der Waals surface area contributed by atoms with Gasteiger partial charge in [-0.1, -0.05) is 6.07 Å². The molecule has 4 rings (SSSR count). The molecule has 0 saturated carbocycles. The van der Waals surface area contributed by atoms with Crippen LogP contribution < -0.4 is 5.32 Å². The Kier molecular flexibility index (Phi) is 4.02. The molecule has 1 aliphatic rings. The third-order valence-corrected chi connectivity index (χ3v) is 4.44. The van der Waals surface area contributed by atoms with E-state index in [-0.39, 0.29) is 11.9 Å². The smallest absolute Gasteiger partial charge is 0.254 e. The zero-order chi connectivity index (χ0) is 17.2. The van der Waals surface area contributed by atoms with Crippen LogP contribution in [0.4, 0.5) is 0 Å². The van der Waals surface area contributed by atoms with E-state index in [1.165, 1.54) is 6.33 Å². The van der Waals surface area contributed by atoms with Crippen molar-refractivity contribution in [3.8, 4) is 5.69 Å². The highest BCUT2D eigenvalue weighted by atomic mass is 16.2. The molecule has 1 unspecified atom stereocenters. The first kappa shape index (κ1) is 15.5. The molecule has 8 heteroatoms. The molecule has 0 aliphatic carbocycles. The molecule has 1 amide bonds. The maximum absolute atomic E-state index is 13.2. The lowest BCUT2D eigenvalue weighted by Crippen LogP contribution is -2.49. The van der Waals surface area contributed by atoms with Crippen LogP contribution in [-0.2, 0) is 7.05 Å². The fraction of sp³-hybridized carbons (Fsp3) is 0.294. The highest BCUT2D eigenvalue weighted by molar-refractivity contribution is 5.95. The molecule has 1 N–H and O–H groups in total. The van der Waals surface area contributed by atoms with Gasteiger partial charge in [-0.25, -0.2) is 14.6 Å². The number of piperazine rings is 1. The molecule has 3 heterocycles. The van der Waals surface area contributed by atoms with Gasteiger partial charge in [-0.15, -0.1) is 0 Å². The highest BCUT2D eigenvalue weighted by Gasteiger charge is 2.31. The van der Waals surface area contributed by atoms with Crippen molar-refractivity contribution in [1.29, 1.82) is 0 Å². The summed E-state index contributed by atoms with van der Waals surface area (Å²) in [5, 5.41) is 7.47. The summed E-state index contributed by atoms with van der Waals surface area (Å²) in [6, 6.07) is 7.35. The zero-order valence-electron chi connectivity index (χ0n) is 13.9. The molecule has 1 fully saturated rings. The number of amides is 1. The van der Waals surface area contributed by atoms with Crippen LogP contribution in [0, 0.1) is 0 Å². The molecule has 25 heavy (non-hydrogen) atoms. The third-order valence-electron chi connectivity index (χ3n) is 4.44. The Balaban J connectivity index is 1.65. The van der Waals surface area contributed by atoms with Crippen LogP contribution in [0.5, 0.6) is 0 Å². The van der Waals surface area contributed by atoms with E-state index in [2.05, 4.69) is 20.4 Å². The summed E-state index contributed by atoms with van der Waals surface area (Å²) >= 11 is 0. The van der Waals surface area contributed by atoms with Gasteiger partial charge >= 0.3 is 0 Å². The fourth-order valence-corrected chi connectivity index (χ4v) is 3.17. The average Bonchev–Trinajstić information content (AvgIpc) is 3.33. The minimum Gasteiger partial charge on any atom is -0.336 e. The van der Waals surface area contributed by atoms with Crippen molar-refractivity contribution in [2.24, 2.45) is 7.05 Å². The number of benzene rings is 1. The molecule has 2 aromatic heterocycles. The van der Waals surface area contributed by atoms with Crippen molar-refractivity contribution >= 4 is 5.91 Å². The van der Waals surface area contributed by atoms with Crippen molar-refractivity contribution in [1.82, 2.24) is 34.5 Å². The van der Waals surface area contributed by atoms with Crippen LogP contribution in [0.3, 0.4) is 0 Å². The van der Waals surface area contributed by atoms with Gasteiger partial charge in [-0.3, -0.25) is 4.79 Å². The van der Waals surface area contributed by atoms with Gasteiger partial charge in [0.15, 0.2) is 0 Å². The second-order valence-electron chi connectivity index (χ2n) is 6.01. The summed E-state index contributed by atoms with van der Waals surface area (Å²) in [5.41, 5.74) is 1.45. The molecule has 128 valence electrons. The van der Waals surface area contributed by atoms with E-state index in [0.717, 1.165) is 18.1 Å². The summed E-state index contributed by atoms with van der Waals surface area (Å²) in [6.45, 7) is 2.11. The maximum atomic E-state index is 13.2. The van der Waals surface area contributed by atoms with Crippen molar-refractivity contribution in [3.63, 3.8) is 0 Å². The van der Waals surface area contributed by atoms with Gasteiger partial charge in [0.2, 0.25) is 0 Å². The monoisotopic (exact) mass is 337 g/mol. The van der Waals surface area contributed by atoms with Gasteiger partial charge < -0.3 is 14.8 Å². The summed E-state index contributed by atoms with van der Waals surface area (Å²) in [4.78, 5) is 23.4. The number of rotatable bonds is 3. The van der Waals surface area contributed by atoms with E-state index in [9.17, 15) is 4.79 Å². The Morgan fingerprint density at radius 2 is 2.28 bits per heavy atom. The first-order valence-electron chi connectivity index (χ1n) is 8.18. The second-order valence-corrected chi connectivity index (χ2v) is 6.01. The quantitative estimate of drug-likeness (QED) is 0.764. The van der Waals surface area contributed by atoms with Crippen molar-refractivity contribution in [2.45, 2.75) is 6.04 Å². The van der Waals surface area contributed by atoms with E-state index < -0.39 is 0 Å². The predicted octanol–water partition coefficient (Wildman–Crippen LogP) is 0.787. The number of carbonyl (C=O) groups is 1. The molecule has 1 saturated heterocycles. The molecular formula is C17H19N7O. The topological polar surface area (TPSA) is 80.9 Å². The van der Waals surface area contributed by atoms with E-state index >= 15 is 0 Å². The first-order valence-corrected chi connectivity index (χ1v) is 8.18. The van der Waals surface area contributed by atoms with E-state index in [4.69, 9.17) is 0 Å². The number of imidazole rings is 1. The number of hydrogen-bond donors (Lipinski definition) is 1. The summed E-state index contributed by atoms with van der Waals surface area (Å²) < 4.78 is 3.61. The molecule has 3 aromatic rings. The normalized spacial score (nSPS) is 17.6. The lowest BCUT2D eigenvalue weighted by molar-refractivity contribution is 0.0621. The molecule has 0 bridgehead atoms. The minimum absolute atomic E-state index is 0.00327. The van der Waals surface area contributed by atoms with Crippen molar-refractivity contribution in [2.75, 3.05) is 19.6 Å². The summed E-state index contributed by atoms with van der Waals surface area (Å²) in [6.07, 6.45) is 6.75. The first-order chi connectivity index (χ1) is 12.2. The van der Waals surface area contributed by atoms with Gasteiger partial charge in [-0.05, 0) is 18.2 Å². The Bertz CT molecular complexity index is 871. The lowest BCUT2D eigenvalue weighted by Gasteiger charge is -2.35. The SMILES string of the molecule is Cn1ccnc1C1CNCCN1C(=O)c1cccc(-n2cncn2)c1. The van der Waals surface area contributed by atoms with Gasteiger partial charge in [0.1, 0.15) is 24.5 Å². The minimum atomic E-state index is -0.0868. The van der Waals surface area contributed by atoms with E-state index in [1.54, 1.807) is 17.2 Å². The fourth-order valence-electron chi connectivity index (χ4n) is 3.17. The third kappa shape index (κ3) is 2.91. The van der Waals surface area contributed by atoms with Gasteiger partial charge in [-0.2, -0.15) is 5.10 Å². The van der Waals surface area contributed by atoms with Crippen LogP contribution in [-0.4, -0.2) is 54.8 Å². The van der Waals surface area contributed by atoms with Crippen molar-refractivity contribution < 1.29 is 4.79 Å². The van der Waals surface area contributed by atoms with Crippen molar-refractivity contribution in [3.05, 3.63) is 60.7 Å². The molecule has 1 aliphatic heterocycles. The lowest BCUT2D eigenvalue weighted by atomic mass is 10.1. The van der Waals surface area contributed by atoms with Gasteiger partial charge in [0.25, 0.3) is 5.91 Å². The number of aromatic nitrogens is 5. The van der Waals surface area contributed by atoms with Gasteiger partial charge in [0, 0.05) is 44.6 Å². The highest BCUT2D eigenvalue weighted by Crippen LogP contribution is 2.23. The molecule has 1 aromatic carbocycles. The second kappa shape index (κ2) is 6.48. The summed E-state index contributed by atoms with van der Waals surface area (Å²) in [5.74, 6) is 0.879. The Hall–Kier alpha value is -3.00. The number of nitrogens with zero attached hydrogens (tertiary/aromatic N) is 6. The van der Waals surface area contributed by atoms with Crippen LogP contribution in [0.1, 0.15) is 22.2 Å². The average molecular weight is 337 g/mol. The molecule has 8 nitrogen and oxygen atoms in total. The molecule has 0 radical (unpaired) electrons. The Labute approximate surface area is 145 Å². The zero-order valence-corrected chi connectivity index (χ0v) is 13.9. The van der Waals surface area contributed by atoms with E-state index in [1.807, 2.05) is 47.0 Å². The molecule has 1 atom stereocenters. The summed E-state index contributed by atoms with van der Waals surface area (Å²) in [7, 11) is 1.95. The van der Waals surface area contributed by atoms with Gasteiger partial charge in [0.05, 0.1) is 5.69 Å². The maximum Gasteiger partial charge on any atom is 0.254 e. The molecular weight excluding hydrogens is 318 g/mol. The largest absolute Gasteiger partial charge is 0.336 e. The Morgan fingerprint density at radius 3 is 3.04 bits per heavy atom. The van der Waals surface area contributed by atoms with Crippen LogP contribution in [0.2, 0.25) is 0 Å². The van der Waals surface area contributed by atoms with E-state index in [0.29, 0.717) is 18.7 Å². The van der Waals surface area contributed by atoms with Crippen LogP contribution >= 0.6 is 0 Å². The number of nitrogens with one attached hydrogen (secondary N) is 1. The Morgan fingerprint density at radius 1 is 1.36 bits per heavy atom. The number of aryl methyl sites for hydroxylation is 1. The standard InChI is InChI=1S/C17H19N7O/c1-22-7-6-20-16(22)15-10-18-5-8-23(15)17(25)13-3-2-4-14(9-13)24-12-19-11-21-24/h2-4,6-7,9,11-12,15,18H,5,8,10H2,1H3. The number of hydrogen-bond acceptors (Lipinski definition) is 5.